The van der Waals surface area contributed by atoms with E-state index in [1.165, 1.54) is 18.9 Å². The second-order valence-electron chi connectivity index (χ2n) is 3.07. The molecule has 0 aromatic rings. The molecule has 0 amide bonds. The largest absolute Gasteiger partial charge is 0.420 e. The van der Waals surface area contributed by atoms with Crippen molar-refractivity contribution in [3.05, 3.63) is 12.7 Å². The highest BCUT2D eigenvalue weighted by atomic mass is 28.5. The van der Waals surface area contributed by atoms with Gasteiger partial charge in [0.05, 0.1) is 0 Å². The molecule has 1 aliphatic heterocycles. The van der Waals surface area contributed by atoms with Crippen molar-refractivity contribution in [1.29, 1.82) is 0 Å². The van der Waals surface area contributed by atoms with Crippen LogP contribution in [0.1, 0.15) is 19.3 Å². The zero-order valence-corrected chi connectivity index (χ0v) is 9.55. The first-order valence-electron chi connectivity index (χ1n) is 4.16. The second kappa shape index (κ2) is 4.20. The Hall–Kier alpha value is 0.0938. The SMILES string of the molecule is C=CCCCC[Si]1(C)O[SiH2]O1. The van der Waals surface area contributed by atoms with Crippen molar-refractivity contribution >= 4 is 18.6 Å². The molecule has 1 saturated heterocycles. The molecule has 0 unspecified atom stereocenters. The molecule has 11 heavy (non-hydrogen) atoms. The molecule has 0 saturated carbocycles. The Balaban J connectivity index is 1.97. The van der Waals surface area contributed by atoms with Crippen LogP contribution < -0.4 is 0 Å². The average molecular weight is 188 g/mol. The molecular weight excluding hydrogens is 172 g/mol. The number of allylic oxidation sites excluding steroid dienone is 1. The monoisotopic (exact) mass is 188 g/mol. The summed E-state index contributed by atoms with van der Waals surface area (Å²) >= 11 is 0. The Labute approximate surface area is 71.9 Å². The summed E-state index contributed by atoms with van der Waals surface area (Å²) < 4.78 is 11.1. The van der Waals surface area contributed by atoms with Crippen molar-refractivity contribution in [1.82, 2.24) is 0 Å². The highest BCUT2D eigenvalue weighted by Gasteiger charge is 2.37. The molecule has 0 atom stereocenters. The van der Waals surface area contributed by atoms with Gasteiger partial charge in [-0.15, -0.1) is 6.58 Å². The fourth-order valence-corrected chi connectivity index (χ4v) is 5.27. The Morgan fingerprint density at radius 3 is 2.64 bits per heavy atom. The van der Waals surface area contributed by atoms with Gasteiger partial charge in [-0.3, -0.25) is 0 Å². The zero-order valence-electron chi connectivity index (χ0n) is 7.14. The summed E-state index contributed by atoms with van der Waals surface area (Å²) in [6.45, 7) is 5.85. The molecular formula is C7H16O2Si2. The van der Waals surface area contributed by atoms with Crippen LogP contribution in [0.3, 0.4) is 0 Å². The molecule has 1 aliphatic rings. The van der Waals surface area contributed by atoms with Gasteiger partial charge in [0.25, 0.3) is 10.0 Å². The minimum absolute atomic E-state index is 0.497. The minimum atomic E-state index is -1.52. The first-order valence-corrected chi connectivity index (χ1v) is 7.83. The Morgan fingerprint density at radius 1 is 1.45 bits per heavy atom. The number of hydrogen-bond donors (Lipinski definition) is 0. The Kier molecular flexibility index (Phi) is 3.51. The van der Waals surface area contributed by atoms with Gasteiger partial charge in [-0.1, -0.05) is 12.5 Å². The molecule has 1 rings (SSSR count). The van der Waals surface area contributed by atoms with E-state index in [0.717, 1.165) is 6.42 Å². The van der Waals surface area contributed by atoms with Crippen molar-refractivity contribution in [3.63, 3.8) is 0 Å². The van der Waals surface area contributed by atoms with Crippen LogP contribution in [-0.4, -0.2) is 18.6 Å². The van der Waals surface area contributed by atoms with E-state index in [0.29, 0.717) is 0 Å². The molecule has 1 fully saturated rings. The van der Waals surface area contributed by atoms with Crippen LogP contribution in [0.4, 0.5) is 0 Å². The fourth-order valence-electron chi connectivity index (χ4n) is 1.14. The average Bonchev–Trinajstić information content (AvgIpc) is 1.95. The van der Waals surface area contributed by atoms with E-state index >= 15 is 0 Å². The summed E-state index contributed by atoms with van der Waals surface area (Å²) in [5.74, 6) is 0. The van der Waals surface area contributed by atoms with Crippen LogP contribution in [-0.2, 0) is 8.23 Å². The van der Waals surface area contributed by atoms with Crippen LogP contribution in [0.5, 0.6) is 0 Å². The van der Waals surface area contributed by atoms with Gasteiger partial charge in [-0.2, -0.15) is 0 Å². The molecule has 0 bridgehead atoms. The van der Waals surface area contributed by atoms with E-state index < -0.39 is 18.6 Å². The fraction of sp³-hybridized carbons (Fsp3) is 0.714. The normalized spacial score (nSPS) is 31.7. The maximum absolute atomic E-state index is 5.53. The van der Waals surface area contributed by atoms with E-state index in [1.54, 1.807) is 0 Å². The second-order valence-corrected chi connectivity index (χ2v) is 8.39. The first kappa shape index (κ1) is 9.18. The maximum Gasteiger partial charge on any atom is 0.316 e. The van der Waals surface area contributed by atoms with Crippen molar-refractivity contribution in [2.24, 2.45) is 0 Å². The molecule has 0 radical (unpaired) electrons. The van der Waals surface area contributed by atoms with Gasteiger partial charge in [0.2, 0.25) is 0 Å². The number of rotatable bonds is 5. The van der Waals surface area contributed by atoms with E-state index in [4.69, 9.17) is 8.23 Å². The summed E-state index contributed by atoms with van der Waals surface area (Å²) in [5, 5.41) is 0. The van der Waals surface area contributed by atoms with E-state index in [1.807, 2.05) is 6.08 Å². The van der Waals surface area contributed by atoms with Crippen molar-refractivity contribution < 1.29 is 8.23 Å². The predicted octanol–water partition coefficient (Wildman–Crippen LogP) is 1.46. The molecule has 0 spiro atoms. The Morgan fingerprint density at radius 2 is 2.18 bits per heavy atom. The maximum atomic E-state index is 5.53. The lowest BCUT2D eigenvalue weighted by Gasteiger charge is -2.36. The van der Waals surface area contributed by atoms with Crippen LogP contribution in [0.2, 0.25) is 12.6 Å². The van der Waals surface area contributed by atoms with Crippen molar-refractivity contribution in [2.45, 2.75) is 31.9 Å². The lowest BCUT2D eigenvalue weighted by molar-refractivity contribution is 0.278. The molecule has 0 aliphatic carbocycles. The molecule has 0 aromatic heterocycles. The standard InChI is InChI=1S/C7H16O2Si2/c1-3-4-5-6-7-11(2)8-10-9-11/h3H,1,4-7,10H2,2H3. The van der Waals surface area contributed by atoms with E-state index in [2.05, 4.69) is 13.1 Å². The first-order chi connectivity index (χ1) is 5.27. The van der Waals surface area contributed by atoms with Gasteiger partial charge < -0.3 is 8.23 Å². The summed E-state index contributed by atoms with van der Waals surface area (Å²) in [6, 6.07) is 1.17. The van der Waals surface area contributed by atoms with E-state index in [9.17, 15) is 0 Å². The third kappa shape index (κ3) is 2.90. The summed E-state index contributed by atoms with van der Waals surface area (Å²) in [6.07, 6.45) is 5.58. The topological polar surface area (TPSA) is 18.5 Å². The third-order valence-electron chi connectivity index (χ3n) is 2.02. The van der Waals surface area contributed by atoms with Gasteiger partial charge >= 0.3 is 8.56 Å². The van der Waals surface area contributed by atoms with Gasteiger partial charge in [0.15, 0.2) is 0 Å². The van der Waals surface area contributed by atoms with Crippen molar-refractivity contribution in [3.8, 4) is 0 Å². The lowest BCUT2D eigenvalue weighted by atomic mass is 10.2. The van der Waals surface area contributed by atoms with Gasteiger partial charge in [0, 0.05) is 0 Å². The van der Waals surface area contributed by atoms with Crippen LogP contribution in [0.15, 0.2) is 12.7 Å². The molecule has 4 heteroatoms. The minimum Gasteiger partial charge on any atom is -0.420 e. The van der Waals surface area contributed by atoms with Crippen LogP contribution in [0.25, 0.3) is 0 Å². The highest BCUT2D eigenvalue weighted by molar-refractivity contribution is 6.79. The van der Waals surface area contributed by atoms with E-state index in [-0.39, 0.29) is 0 Å². The smallest absolute Gasteiger partial charge is 0.316 e. The predicted molar refractivity (Wildman–Crippen MR) is 51.2 cm³/mol. The number of unbranched alkanes of at least 4 members (excludes halogenated alkanes) is 2. The lowest BCUT2D eigenvalue weighted by Crippen LogP contribution is -2.51. The number of hydrogen-bond acceptors (Lipinski definition) is 2. The molecule has 0 N–H and O–H groups in total. The summed E-state index contributed by atoms with van der Waals surface area (Å²) in [7, 11) is -2.02. The molecule has 0 aromatic carbocycles. The molecule has 2 nitrogen and oxygen atoms in total. The van der Waals surface area contributed by atoms with Crippen LogP contribution >= 0.6 is 0 Å². The quantitative estimate of drug-likeness (QED) is 0.369. The van der Waals surface area contributed by atoms with Gasteiger partial charge in [0.1, 0.15) is 0 Å². The Bertz CT molecular complexity index is 134. The van der Waals surface area contributed by atoms with Gasteiger partial charge in [-0.25, -0.2) is 0 Å². The highest BCUT2D eigenvalue weighted by Crippen LogP contribution is 2.22. The van der Waals surface area contributed by atoms with Crippen molar-refractivity contribution in [2.75, 3.05) is 0 Å². The molecule has 64 valence electrons. The van der Waals surface area contributed by atoms with Gasteiger partial charge in [-0.05, 0) is 25.4 Å². The zero-order chi connectivity index (χ0) is 8.16. The third-order valence-corrected chi connectivity index (χ3v) is 9.11. The summed E-state index contributed by atoms with van der Waals surface area (Å²) in [5.41, 5.74) is 0. The molecule has 1 heterocycles. The summed E-state index contributed by atoms with van der Waals surface area (Å²) in [4.78, 5) is 0. The van der Waals surface area contributed by atoms with Crippen LogP contribution in [0, 0.1) is 0 Å².